The Kier molecular flexibility index (Phi) is 10.1. The molecule has 6 heteroatoms. The Morgan fingerprint density at radius 2 is 1.70 bits per heavy atom. The second kappa shape index (κ2) is 9.70. The summed E-state index contributed by atoms with van der Waals surface area (Å²) in [6, 6.07) is 0. The first kappa shape index (κ1) is 20.7. The van der Waals surface area contributed by atoms with Crippen molar-refractivity contribution < 1.29 is 29.2 Å². The third-order valence-electron chi connectivity index (χ3n) is 2.53. The fourth-order valence-electron chi connectivity index (χ4n) is 1.92. The second-order valence-corrected chi connectivity index (χ2v) is 6.41. The number of nitrogens with zero attached hydrogens (tertiary/aromatic N) is 1. The van der Waals surface area contributed by atoms with Crippen molar-refractivity contribution in [3.05, 3.63) is 6.42 Å². The minimum atomic E-state index is -0.514. The average Bonchev–Trinajstić information content (AvgIpc) is 2.28. The van der Waals surface area contributed by atoms with Crippen molar-refractivity contribution in [2.24, 2.45) is 0 Å². The summed E-state index contributed by atoms with van der Waals surface area (Å²) >= 11 is 3.62. The molecule has 0 spiro atoms. The van der Waals surface area contributed by atoms with E-state index in [-0.39, 0.29) is 12.4 Å². The van der Waals surface area contributed by atoms with Gasteiger partial charge in [-0.3, -0.25) is 9.63 Å². The molecule has 0 amide bonds. The molecule has 20 heavy (non-hydrogen) atoms. The quantitative estimate of drug-likeness (QED) is 0.285. The predicted molar refractivity (Wildman–Crippen MR) is 84.8 cm³/mol. The summed E-state index contributed by atoms with van der Waals surface area (Å²) in [4.78, 5) is 17.7. The molecule has 1 saturated heterocycles. The molecule has 1 rings (SSSR count). The standard InChI is InChI=1S/C14H26NO3.HI.Zn/c1-13(2,3)17-12(16)11-14(4,5)18-15-9-7-6-8-10-15;;/h6H,7-11H2,1-5H3;1H;/q-1;;+2/p-1. The molecule has 0 radical (unpaired) electrons. The zero-order chi connectivity index (χ0) is 15.8. The summed E-state index contributed by atoms with van der Waals surface area (Å²) in [5, 5.41) is 1.95. The van der Waals surface area contributed by atoms with E-state index in [1.54, 1.807) is 0 Å². The number of esters is 1. The van der Waals surface area contributed by atoms with Crippen LogP contribution in [0.4, 0.5) is 0 Å². The van der Waals surface area contributed by atoms with E-state index in [9.17, 15) is 4.79 Å². The molecule has 114 valence electrons. The van der Waals surface area contributed by atoms with Crippen LogP contribution in [-0.2, 0) is 29.2 Å². The van der Waals surface area contributed by atoms with Gasteiger partial charge in [0.15, 0.2) is 0 Å². The normalized spacial score (nSPS) is 17.2. The molecule has 0 atom stereocenters. The fraction of sp³-hybridized carbons (Fsp3) is 0.857. The number of hydrogen-bond donors (Lipinski definition) is 0. The van der Waals surface area contributed by atoms with Gasteiger partial charge in [-0.05, 0) is 47.7 Å². The number of hydroxylamine groups is 2. The van der Waals surface area contributed by atoms with Crippen LogP contribution in [-0.4, -0.2) is 35.3 Å². The number of carbonyl (C=O) groups excluding carboxylic acids is 1. The summed E-state index contributed by atoms with van der Waals surface area (Å²) in [5.41, 5.74) is -0.951. The van der Waals surface area contributed by atoms with Gasteiger partial charge in [0.25, 0.3) is 0 Å². The first-order chi connectivity index (χ1) is 9.18. The summed E-state index contributed by atoms with van der Waals surface area (Å²) in [5.74, 6) is -0.212. The molecule has 0 aromatic heterocycles. The number of carbonyl (C=O) groups is 1. The maximum atomic E-state index is 11.8. The molecule has 0 aliphatic carbocycles. The van der Waals surface area contributed by atoms with E-state index >= 15 is 0 Å². The van der Waals surface area contributed by atoms with Gasteiger partial charge in [-0.25, -0.2) is 0 Å². The molecule has 0 N–H and O–H groups in total. The van der Waals surface area contributed by atoms with Crippen LogP contribution in [0.2, 0.25) is 0 Å². The van der Waals surface area contributed by atoms with E-state index in [1.807, 2.05) is 39.7 Å². The van der Waals surface area contributed by atoms with Crippen molar-refractivity contribution in [2.45, 2.75) is 65.1 Å². The van der Waals surface area contributed by atoms with Gasteiger partial charge in [0.05, 0.1) is 12.0 Å². The first-order valence-electron chi connectivity index (χ1n) is 6.92. The number of halogens is 1. The minimum absolute atomic E-state index is 0.212. The molecular formula is C14H26INO3Zn. The zero-order valence-electron chi connectivity index (χ0n) is 13.4. The number of piperidine rings is 1. The van der Waals surface area contributed by atoms with E-state index in [2.05, 4.69) is 26.2 Å². The zero-order valence-corrected chi connectivity index (χ0v) is 18.5. The Hall–Kier alpha value is 0.743. The molecule has 0 aromatic carbocycles. The molecule has 1 aliphatic rings. The Balaban J connectivity index is 0.00000172. The van der Waals surface area contributed by atoms with Crippen molar-refractivity contribution in [3.8, 4) is 0 Å². The van der Waals surface area contributed by atoms with Crippen molar-refractivity contribution in [1.82, 2.24) is 5.06 Å². The van der Waals surface area contributed by atoms with Gasteiger partial charge in [-0.1, -0.05) is 0 Å². The Labute approximate surface area is 144 Å². The van der Waals surface area contributed by atoms with Gasteiger partial charge < -0.3 is 11.2 Å². The Bertz CT molecular complexity index is 287. The van der Waals surface area contributed by atoms with E-state index in [0.717, 1.165) is 25.9 Å². The van der Waals surface area contributed by atoms with Gasteiger partial charge >= 0.3 is 40.5 Å². The second-order valence-electron chi connectivity index (χ2n) is 6.41. The van der Waals surface area contributed by atoms with Crippen LogP contribution in [0.15, 0.2) is 0 Å². The number of hydrogen-bond acceptors (Lipinski definition) is 4. The monoisotopic (exact) mass is 447 g/mol. The molecule has 0 unspecified atom stereocenters. The van der Waals surface area contributed by atoms with E-state index in [1.165, 1.54) is 14.8 Å². The summed E-state index contributed by atoms with van der Waals surface area (Å²) < 4.78 is 5.32. The molecule has 1 aliphatic heterocycles. The molecular weight excluding hydrogens is 422 g/mol. The van der Waals surface area contributed by atoms with Crippen LogP contribution in [0.5, 0.6) is 0 Å². The number of ether oxygens (including phenoxy) is 1. The molecule has 1 heterocycles. The summed E-state index contributed by atoms with van der Waals surface area (Å²) in [6.07, 6.45) is 4.62. The van der Waals surface area contributed by atoms with Crippen LogP contribution in [0.25, 0.3) is 0 Å². The van der Waals surface area contributed by atoms with E-state index in [4.69, 9.17) is 9.57 Å². The van der Waals surface area contributed by atoms with Gasteiger partial charge in [-0.2, -0.15) is 17.9 Å². The van der Waals surface area contributed by atoms with Crippen LogP contribution >= 0.6 is 19.8 Å². The summed E-state index contributed by atoms with van der Waals surface area (Å²) in [7, 11) is 0. The fourth-order valence-corrected chi connectivity index (χ4v) is 1.92. The molecule has 4 nitrogen and oxygen atoms in total. The molecule has 1 fully saturated rings. The molecule has 0 bridgehead atoms. The van der Waals surface area contributed by atoms with Crippen molar-refractivity contribution in [3.63, 3.8) is 0 Å². The van der Waals surface area contributed by atoms with Crippen LogP contribution in [0.1, 0.15) is 53.9 Å². The van der Waals surface area contributed by atoms with Crippen molar-refractivity contribution >= 4 is 25.7 Å². The third-order valence-corrected chi connectivity index (χ3v) is 2.53. The van der Waals surface area contributed by atoms with Crippen molar-refractivity contribution in [2.75, 3.05) is 13.1 Å². The summed E-state index contributed by atoms with van der Waals surface area (Å²) in [6.45, 7) is 11.3. The van der Waals surface area contributed by atoms with Crippen LogP contribution in [0.3, 0.4) is 0 Å². The van der Waals surface area contributed by atoms with E-state index in [0.29, 0.717) is 0 Å². The van der Waals surface area contributed by atoms with Crippen LogP contribution < -0.4 is 0 Å². The Morgan fingerprint density at radius 3 is 2.15 bits per heavy atom. The topological polar surface area (TPSA) is 38.8 Å². The van der Waals surface area contributed by atoms with Gasteiger partial charge in [0.2, 0.25) is 0 Å². The van der Waals surface area contributed by atoms with Gasteiger partial charge in [0, 0.05) is 0 Å². The maximum absolute atomic E-state index is 11.8. The average molecular weight is 449 g/mol. The van der Waals surface area contributed by atoms with Gasteiger partial charge in [-0.15, -0.1) is 0 Å². The predicted octanol–water partition coefficient (Wildman–Crippen LogP) is 3.61. The molecule has 0 aromatic rings. The first-order valence-corrected chi connectivity index (χ1v) is 16.0. The van der Waals surface area contributed by atoms with Gasteiger partial charge in [0.1, 0.15) is 5.60 Å². The van der Waals surface area contributed by atoms with E-state index < -0.39 is 11.2 Å². The SMILES string of the molecule is CC(C)(C)OC(=O)CC(C)(C)ON1CC[CH-]CC1.[Zn+][I]. The third kappa shape index (κ3) is 10.5. The van der Waals surface area contributed by atoms with Crippen molar-refractivity contribution in [1.29, 1.82) is 0 Å². The molecule has 0 saturated carbocycles. The van der Waals surface area contributed by atoms with Crippen LogP contribution in [0, 0.1) is 6.42 Å². The Morgan fingerprint density at radius 1 is 1.20 bits per heavy atom. The number of rotatable bonds is 4.